The number of nitrogens with zero attached hydrogens (tertiary/aromatic N) is 1. The number of nitrogens with one attached hydrogen (secondary N) is 1. The SMILES string of the molecule is Cl.Cl.NC(C(=O)Nc1ccc(CCN2CCCC2)cc1)c1ccccc1. The summed E-state index contributed by atoms with van der Waals surface area (Å²) in [5, 5.41) is 2.89. The second-order valence-corrected chi connectivity index (χ2v) is 6.37. The molecule has 26 heavy (non-hydrogen) atoms. The number of benzene rings is 2. The van der Waals surface area contributed by atoms with Crippen LogP contribution >= 0.6 is 24.8 Å². The molecule has 1 amide bonds. The van der Waals surface area contributed by atoms with Crippen molar-refractivity contribution in [3.8, 4) is 0 Å². The molecule has 0 aliphatic carbocycles. The highest BCUT2D eigenvalue weighted by molar-refractivity contribution is 5.95. The van der Waals surface area contributed by atoms with Gasteiger partial charge in [0.2, 0.25) is 5.91 Å². The number of likely N-dealkylation sites (tertiary alicyclic amines) is 1. The Morgan fingerprint density at radius 3 is 2.23 bits per heavy atom. The summed E-state index contributed by atoms with van der Waals surface area (Å²) < 4.78 is 0. The van der Waals surface area contributed by atoms with Gasteiger partial charge in [0.25, 0.3) is 0 Å². The third-order valence-corrected chi connectivity index (χ3v) is 4.58. The van der Waals surface area contributed by atoms with Crippen LogP contribution in [0, 0.1) is 0 Å². The molecule has 1 heterocycles. The van der Waals surface area contributed by atoms with Gasteiger partial charge in [-0.1, -0.05) is 42.5 Å². The molecule has 0 bridgehead atoms. The summed E-state index contributed by atoms with van der Waals surface area (Å²) >= 11 is 0. The first kappa shape index (κ1) is 22.5. The number of hydrogen-bond acceptors (Lipinski definition) is 3. The maximum absolute atomic E-state index is 12.3. The molecule has 0 radical (unpaired) electrons. The van der Waals surface area contributed by atoms with E-state index in [-0.39, 0.29) is 30.7 Å². The van der Waals surface area contributed by atoms with E-state index in [1.165, 1.54) is 31.5 Å². The lowest BCUT2D eigenvalue weighted by Gasteiger charge is -2.15. The predicted molar refractivity (Wildman–Crippen MR) is 112 cm³/mol. The Balaban J connectivity index is 0.00000169. The van der Waals surface area contributed by atoms with E-state index in [1.807, 2.05) is 42.5 Å². The molecular formula is C20H27Cl2N3O. The predicted octanol–water partition coefficient (Wildman–Crippen LogP) is 3.81. The van der Waals surface area contributed by atoms with Crippen molar-refractivity contribution in [2.75, 3.05) is 25.0 Å². The summed E-state index contributed by atoms with van der Waals surface area (Å²) in [6.45, 7) is 3.57. The molecule has 0 spiro atoms. The van der Waals surface area contributed by atoms with E-state index in [1.54, 1.807) is 0 Å². The van der Waals surface area contributed by atoms with Crippen LogP contribution in [0.15, 0.2) is 54.6 Å². The number of halogens is 2. The van der Waals surface area contributed by atoms with E-state index in [2.05, 4.69) is 22.3 Å². The number of rotatable bonds is 6. The summed E-state index contributed by atoms with van der Waals surface area (Å²) in [7, 11) is 0. The van der Waals surface area contributed by atoms with E-state index in [9.17, 15) is 4.79 Å². The second-order valence-electron chi connectivity index (χ2n) is 6.37. The third-order valence-electron chi connectivity index (χ3n) is 4.58. The molecule has 1 aliphatic rings. The Morgan fingerprint density at radius 2 is 1.62 bits per heavy atom. The van der Waals surface area contributed by atoms with Crippen LogP contribution in [-0.2, 0) is 11.2 Å². The lowest BCUT2D eigenvalue weighted by molar-refractivity contribution is -0.117. The van der Waals surface area contributed by atoms with Crippen molar-refractivity contribution in [3.63, 3.8) is 0 Å². The van der Waals surface area contributed by atoms with Crippen LogP contribution in [0.4, 0.5) is 5.69 Å². The van der Waals surface area contributed by atoms with Gasteiger partial charge in [0.05, 0.1) is 0 Å². The molecule has 142 valence electrons. The maximum Gasteiger partial charge on any atom is 0.245 e. The van der Waals surface area contributed by atoms with Crippen LogP contribution in [0.5, 0.6) is 0 Å². The zero-order valence-corrected chi connectivity index (χ0v) is 16.4. The lowest BCUT2D eigenvalue weighted by Crippen LogP contribution is -2.27. The van der Waals surface area contributed by atoms with Crippen LogP contribution in [0.2, 0.25) is 0 Å². The zero-order chi connectivity index (χ0) is 16.8. The second kappa shape index (κ2) is 11.2. The van der Waals surface area contributed by atoms with Gasteiger partial charge in [-0.2, -0.15) is 0 Å². The van der Waals surface area contributed by atoms with Gasteiger partial charge < -0.3 is 16.0 Å². The summed E-state index contributed by atoms with van der Waals surface area (Å²) in [6, 6.07) is 16.8. The van der Waals surface area contributed by atoms with Gasteiger partial charge >= 0.3 is 0 Å². The van der Waals surface area contributed by atoms with Crippen molar-refractivity contribution in [1.29, 1.82) is 0 Å². The van der Waals surface area contributed by atoms with Crippen LogP contribution < -0.4 is 11.1 Å². The van der Waals surface area contributed by atoms with E-state index in [0.717, 1.165) is 24.2 Å². The van der Waals surface area contributed by atoms with Gasteiger partial charge in [0.15, 0.2) is 0 Å². The average molecular weight is 396 g/mol. The molecule has 3 rings (SSSR count). The first-order valence-electron chi connectivity index (χ1n) is 8.65. The van der Waals surface area contributed by atoms with Crippen molar-refractivity contribution in [3.05, 3.63) is 65.7 Å². The number of nitrogens with two attached hydrogens (primary N) is 1. The van der Waals surface area contributed by atoms with Crippen molar-refractivity contribution >= 4 is 36.4 Å². The molecule has 2 aromatic carbocycles. The fraction of sp³-hybridized carbons (Fsp3) is 0.350. The first-order valence-corrected chi connectivity index (χ1v) is 8.65. The fourth-order valence-electron chi connectivity index (χ4n) is 3.08. The molecule has 1 aliphatic heterocycles. The van der Waals surface area contributed by atoms with Gasteiger partial charge in [-0.15, -0.1) is 24.8 Å². The third kappa shape index (κ3) is 6.29. The Labute approximate surface area is 168 Å². The standard InChI is InChI=1S/C20H25N3O.2ClH/c21-19(17-6-2-1-3-7-17)20(24)22-18-10-8-16(9-11-18)12-15-23-13-4-5-14-23;;/h1-3,6-11,19H,4-5,12-15,21H2,(H,22,24);2*1H. The van der Waals surface area contributed by atoms with E-state index < -0.39 is 6.04 Å². The number of hydrogen-bond donors (Lipinski definition) is 2. The highest BCUT2D eigenvalue weighted by Gasteiger charge is 2.15. The molecular weight excluding hydrogens is 369 g/mol. The normalized spacial score (nSPS) is 14.8. The minimum atomic E-state index is -0.652. The Kier molecular flexibility index (Phi) is 9.66. The number of amides is 1. The fourth-order valence-corrected chi connectivity index (χ4v) is 3.08. The van der Waals surface area contributed by atoms with Crippen LogP contribution in [0.25, 0.3) is 0 Å². The molecule has 0 aromatic heterocycles. The highest BCUT2D eigenvalue weighted by Crippen LogP contribution is 2.15. The lowest BCUT2D eigenvalue weighted by atomic mass is 10.1. The van der Waals surface area contributed by atoms with E-state index in [0.29, 0.717) is 0 Å². The molecule has 1 saturated heterocycles. The summed E-state index contributed by atoms with van der Waals surface area (Å²) in [4.78, 5) is 14.8. The summed E-state index contributed by atoms with van der Waals surface area (Å²) in [6.07, 6.45) is 3.71. The summed E-state index contributed by atoms with van der Waals surface area (Å²) in [5.41, 5.74) is 8.92. The van der Waals surface area contributed by atoms with Crippen molar-refractivity contribution < 1.29 is 4.79 Å². The number of anilines is 1. The highest BCUT2D eigenvalue weighted by atomic mass is 35.5. The topological polar surface area (TPSA) is 58.4 Å². The van der Waals surface area contributed by atoms with Gasteiger partial charge in [-0.05, 0) is 55.6 Å². The van der Waals surface area contributed by atoms with Gasteiger partial charge in [-0.25, -0.2) is 0 Å². The smallest absolute Gasteiger partial charge is 0.245 e. The number of carbonyl (C=O) groups is 1. The molecule has 1 fully saturated rings. The maximum atomic E-state index is 12.3. The summed E-state index contributed by atoms with van der Waals surface area (Å²) in [5.74, 6) is -0.189. The first-order chi connectivity index (χ1) is 11.7. The van der Waals surface area contributed by atoms with Gasteiger partial charge in [0, 0.05) is 12.2 Å². The van der Waals surface area contributed by atoms with Crippen LogP contribution in [0.3, 0.4) is 0 Å². The quantitative estimate of drug-likeness (QED) is 0.781. The van der Waals surface area contributed by atoms with Crippen LogP contribution in [0.1, 0.15) is 30.0 Å². The molecule has 0 saturated carbocycles. The van der Waals surface area contributed by atoms with Gasteiger partial charge in [0.1, 0.15) is 6.04 Å². The van der Waals surface area contributed by atoms with E-state index >= 15 is 0 Å². The van der Waals surface area contributed by atoms with Crippen LogP contribution in [-0.4, -0.2) is 30.4 Å². The van der Waals surface area contributed by atoms with Crippen molar-refractivity contribution in [2.24, 2.45) is 5.73 Å². The molecule has 4 nitrogen and oxygen atoms in total. The van der Waals surface area contributed by atoms with Gasteiger partial charge in [-0.3, -0.25) is 4.79 Å². The minimum Gasteiger partial charge on any atom is -0.324 e. The Morgan fingerprint density at radius 1 is 1.00 bits per heavy atom. The van der Waals surface area contributed by atoms with Crippen molar-refractivity contribution in [1.82, 2.24) is 4.90 Å². The Hall–Kier alpha value is -1.59. The molecule has 2 aromatic rings. The molecule has 1 unspecified atom stereocenters. The average Bonchev–Trinajstić information content (AvgIpc) is 3.15. The van der Waals surface area contributed by atoms with Crippen molar-refractivity contribution in [2.45, 2.75) is 25.3 Å². The van der Waals surface area contributed by atoms with E-state index in [4.69, 9.17) is 5.73 Å². The molecule has 6 heteroatoms. The molecule has 3 N–H and O–H groups in total. The Bertz CT molecular complexity index is 659. The monoisotopic (exact) mass is 395 g/mol. The molecule has 1 atom stereocenters. The largest absolute Gasteiger partial charge is 0.324 e. The zero-order valence-electron chi connectivity index (χ0n) is 14.8. The number of carbonyl (C=O) groups excluding carboxylic acids is 1. The minimum absolute atomic E-state index is 0.